The largest absolute Gasteiger partial charge is 0.489 e. The number of benzene rings is 1. The lowest BCUT2D eigenvalue weighted by Crippen LogP contribution is -1.98. The highest BCUT2D eigenvalue weighted by atomic mass is 16.5. The number of hydrogen-bond acceptors (Lipinski definition) is 1. The van der Waals surface area contributed by atoms with Crippen LogP contribution >= 0.6 is 0 Å². The van der Waals surface area contributed by atoms with Gasteiger partial charge in [0.05, 0.1) is 0 Å². The number of fused-ring (bicyclic) bond motifs is 1. The van der Waals surface area contributed by atoms with Crippen molar-refractivity contribution in [1.82, 2.24) is 0 Å². The molecule has 19 heavy (non-hydrogen) atoms. The van der Waals surface area contributed by atoms with Crippen molar-refractivity contribution in [3.63, 3.8) is 0 Å². The van der Waals surface area contributed by atoms with E-state index >= 15 is 0 Å². The fourth-order valence-corrected chi connectivity index (χ4v) is 1.06. The second-order valence-corrected chi connectivity index (χ2v) is 2.25. The van der Waals surface area contributed by atoms with Gasteiger partial charge in [0, 0.05) is 5.56 Å². The third-order valence-corrected chi connectivity index (χ3v) is 1.55. The first kappa shape index (κ1) is 53.0. The Kier molecular flexibility index (Phi) is 70.5. The molecule has 0 fully saturated rings. The van der Waals surface area contributed by atoms with Crippen molar-refractivity contribution in [2.75, 3.05) is 6.61 Å². The first-order valence-electron chi connectivity index (χ1n) is 3.35. The molecule has 0 saturated heterocycles. The molecule has 18 N–H and O–H groups in total. The average Bonchev–Trinajstić information content (AvgIpc) is 2.05. The van der Waals surface area contributed by atoms with E-state index < -0.39 is 0 Å². The summed E-state index contributed by atoms with van der Waals surface area (Å²) in [5, 5.41) is 0. The van der Waals surface area contributed by atoms with Crippen molar-refractivity contribution in [1.29, 1.82) is 0 Å². The lowest BCUT2D eigenvalue weighted by molar-refractivity contribution is 0.358. The highest BCUT2D eigenvalue weighted by Crippen LogP contribution is 2.21. The molecule has 1 aromatic carbocycles. The first-order valence-corrected chi connectivity index (χ1v) is 3.35. The molecule has 0 unspecified atom stereocenters. The van der Waals surface area contributed by atoms with Crippen molar-refractivity contribution in [3.05, 3.63) is 35.9 Å². The number of rotatable bonds is 0. The zero-order chi connectivity index (χ0) is 6.81. The van der Waals surface area contributed by atoms with E-state index in [1.54, 1.807) is 0 Å². The molecule has 1 heterocycles. The van der Waals surface area contributed by atoms with E-state index in [2.05, 4.69) is 6.08 Å². The predicted molar refractivity (Wildman–Crippen MR) is 73.5 cm³/mol. The molecule has 1 aromatic rings. The zero-order valence-electron chi connectivity index (χ0n) is 10.1. The minimum atomic E-state index is 0. The molecule has 0 radical (unpaired) electrons. The van der Waals surface area contributed by atoms with E-state index in [0.717, 1.165) is 5.75 Å². The molecule has 0 aliphatic carbocycles. The van der Waals surface area contributed by atoms with Crippen LogP contribution in [0, 0.1) is 0 Å². The summed E-state index contributed by atoms with van der Waals surface area (Å²) >= 11 is 0. The number of para-hydroxylation sites is 1. The van der Waals surface area contributed by atoms with Gasteiger partial charge in [-0.1, -0.05) is 24.3 Å². The lowest BCUT2D eigenvalue weighted by Gasteiger charge is -2.10. The summed E-state index contributed by atoms with van der Waals surface area (Å²) in [5.74, 6) is 0.991. The molecular weight excluding hydrogens is 268 g/mol. The van der Waals surface area contributed by atoms with Gasteiger partial charge in [-0.2, -0.15) is 0 Å². The summed E-state index contributed by atoms with van der Waals surface area (Å²) in [6.07, 6.45) is 4.10. The smallest absolute Gasteiger partial charge is 0.126 e. The molecule has 0 bridgehead atoms. The van der Waals surface area contributed by atoms with E-state index in [-0.39, 0.29) is 49.3 Å². The van der Waals surface area contributed by atoms with Gasteiger partial charge in [0.1, 0.15) is 12.4 Å². The maximum Gasteiger partial charge on any atom is 0.126 e. The summed E-state index contributed by atoms with van der Waals surface area (Å²) in [7, 11) is 0. The molecule has 122 valence electrons. The van der Waals surface area contributed by atoms with Crippen LogP contribution in [-0.4, -0.2) is 55.9 Å². The molecule has 10 heteroatoms. The maximum atomic E-state index is 5.34. The van der Waals surface area contributed by atoms with E-state index in [9.17, 15) is 0 Å². The van der Waals surface area contributed by atoms with Crippen molar-refractivity contribution in [3.8, 4) is 5.75 Å². The van der Waals surface area contributed by atoms with E-state index in [1.807, 2.05) is 30.3 Å². The van der Waals surface area contributed by atoms with Gasteiger partial charge in [0.2, 0.25) is 0 Å². The van der Waals surface area contributed by atoms with Crippen LogP contribution < -0.4 is 4.74 Å². The molecule has 0 aromatic heterocycles. The quantitative estimate of drug-likeness (QED) is 0.444. The second-order valence-electron chi connectivity index (χ2n) is 2.25. The monoisotopic (exact) mass is 294 g/mol. The SMILES string of the molecule is C1=Cc2ccccc2OC1.O.O.O.O.O.O.O.O.O. The first-order chi connectivity index (χ1) is 4.97. The van der Waals surface area contributed by atoms with Crippen molar-refractivity contribution in [2.45, 2.75) is 0 Å². The van der Waals surface area contributed by atoms with Crippen LogP contribution in [0.1, 0.15) is 5.56 Å². The fourth-order valence-electron chi connectivity index (χ4n) is 1.06. The molecule has 10 nitrogen and oxygen atoms in total. The Balaban J connectivity index is -0.0000000224. The van der Waals surface area contributed by atoms with Gasteiger partial charge in [-0.15, -0.1) is 0 Å². The van der Waals surface area contributed by atoms with Crippen LogP contribution in [0.4, 0.5) is 0 Å². The van der Waals surface area contributed by atoms with Crippen LogP contribution in [0.25, 0.3) is 6.08 Å². The minimum Gasteiger partial charge on any atom is -0.489 e. The standard InChI is InChI=1S/C9H8O.9H2O/c1-2-6-9-8(4-1)5-3-7-10-9;;;;;;;;;/h1-6H,7H2;9*1H2. The predicted octanol–water partition coefficient (Wildman–Crippen LogP) is -5.33. The summed E-state index contributed by atoms with van der Waals surface area (Å²) in [5.41, 5.74) is 1.17. The van der Waals surface area contributed by atoms with Gasteiger partial charge in [-0.05, 0) is 12.1 Å². The van der Waals surface area contributed by atoms with E-state index in [0.29, 0.717) is 6.61 Å². The highest BCUT2D eigenvalue weighted by molar-refractivity contribution is 5.58. The van der Waals surface area contributed by atoms with Crippen LogP contribution in [-0.2, 0) is 0 Å². The van der Waals surface area contributed by atoms with Gasteiger partial charge >= 0.3 is 0 Å². The van der Waals surface area contributed by atoms with Crippen LogP contribution in [0.5, 0.6) is 5.75 Å². The Morgan fingerprint density at radius 1 is 0.684 bits per heavy atom. The lowest BCUT2D eigenvalue weighted by atomic mass is 10.1. The number of ether oxygens (including phenoxy) is 1. The Morgan fingerprint density at radius 3 is 1.63 bits per heavy atom. The normalized spacial score (nSPS) is 7.37. The van der Waals surface area contributed by atoms with Gasteiger partial charge in [0.15, 0.2) is 0 Å². The summed E-state index contributed by atoms with van der Waals surface area (Å²) < 4.78 is 5.34. The van der Waals surface area contributed by atoms with Crippen molar-refractivity contribution < 1.29 is 54.0 Å². The Hall–Kier alpha value is -1.60. The van der Waals surface area contributed by atoms with Gasteiger partial charge < -0.3 is 54.0 Å². The molecular formula is C9H26O10. The van der Waals surface area contributed by atoms with Crippen LogP contribution in [0.2, 0.25) is 0 Å². The molecule has 2 rings (SSSR count). The second kappa shape index (κ2) is 25.3. The highest BCUT2D eigenvalue weighted by Gasteiger charge is 2.01. The van der Waals surface area contributed by atoms with E-state index in [4.69, 9.17) is 4.74 Å². The summed E-state index contributed by atoms with van der Waals surface area (Å²) in [6, 6.07) is 8.03. The third-order valence-electron chi connectivity index (χ3n) is 1.55. The molecule has 0 amide bonds. The minimum absolute atomic E-state index is 0. The topological polar surface area (TPSA) is 293 Å². The Labute approximate surface area is 109 Å². The summed E-state index contributed by atoms with van der Waals surface area (Å²) in [4.78, 5) is 0. The Morgan fingerprint density at radius 2 is 1.16 bits per heavy atom. The number of hydrogen-bond donors (Lipinski definition) is 0. The third kappa shape index (κ3) is 12.6. The molecule has 0 spiro atoms. The molecule has 1 aliphatic heterocycles. The average molecular weight is 294 g/mol. The van der Waals surface area contributed by atoms with Crippen LogP contribution in [0.3, 0.4) is 0 Å². The van der Waals surface area contributed by atoms with E-state index in [1.165, 1.54) is 5.56 Å². The summed E-state index contributed by atoms with van der Waals surface area (Å²) in [6.45, 7) is 0.705. The van der Waals surface area contributed by atoms with Gasteiger partial charge in [-0.25, -0.2) is 0 Å². The van der Waals surface area contributed by atoms with Gasteiger partial charge in [-0.3, -0.25) is 0 Å². The zero-order valence-corrected chi connectivity index (χ0v) is 10.1. The fraction of sp³-hybridized carbons (Fsp3) is 0.111. The molecule has 0 saturated carbocycles. The maximum absolute atomic E-state index is 5.34. The van der Waals surface area contributed by atoms with Gasteiger partial charge in [0.25, 0.3) is 0 Å². The van der Waals surface area contributed by atoms with Crippen LogP contribution in [0.15, 0.2) is 30.3 Å². The van der Waals surface area contributed by atoms with Crippen molar-refractivity contribution in [2.24, 2.45) is 0 Å². The molecule has 0 atom stereocenters. The Bertz CT molecular complexity index is 277. The molecule has 1 aliphatic rings. The van der Waals surface area contributed by atoms with Crippen molar-refractivity contribution >= 4 is 6.08 Å².